The Hall–Kier alpha value is -0.680. The summed E-state index contributed by atoms with van der Waals surface area (Å²) in [7, 11) is 2.10. The van der Waals surface area contributed by atoms with Crippen molar-refractivity contribution in [1.82, 2.24) is 9.88 Å². The maximum atomic E-state index is 13.8. The molecule has 1 aromatic heterocycles. The van der Waals surface area contributed by atoms with Gasteiger partial charge in [-0.2, -0.15) is 0 Å². The van der Waals surface area contributed by atoms with Crippen LogP contribution in [0.1, 0.15) is 13.8 Å². The van der Waals surface area contributed by atoms with Crippen molar-refractivity contribution >= 4 is 21.7 Å². The van der Waals surface area contributed by atoms with E-state index < -0.39 is 0 Å². The van der Waals surface area contributed by atoms with Crippen molar-refractivity contribution in [2.45, 2.75) is 19.4 Å². The number of rotatable bonds is 1. The van der Waals surface area contributed by atoms with E-state index in [4.69, 9.17) is 0 Å². The number of aromatic nitrogens is 1. The Balaban J connectivity index is 2.24. The zero-order valence-corrected chi connectivity index (χ0v) is 12.0. The zero-order valence-electron chi connectivity index (χ0n) is 10.4. The van der Waals surface area contributed by atoms with Crippen molar-refractivity contribution in [2.24, 2.45) is 0 Å². The number of piperazine rings is 1. The minimum atomic E-state index is -0.264. The van der Waals surface area contributed by atoms with Crippen LogP contribution in [-0.2, 0) is 0 Å². The first kappa shape index (κ1) is 12.8. The van der Waals surface area contributed by atoms with Crippen molar-refractivity contribution < 1.29 is 4.39 Å². The van der Waals surface area contributed by atoms with E-state index in [9.17, 15) is 4.39 Å². The maximum absolute atomic E-state index is 13.8. The Morgan fingerprint density at radius 2 is 2.12 bits per heavy atom. The molecule has 0 aliphatic carbocycles. The quantitative estimate of drug-likeness (QED) is 0.794. The van der Waals surface area contributed by atoms with Gasteiger partial charge in [0.05, 0.1) is 0 Å². The van der Waals surface area contributed by atoms with E-state index in [0.29, 0.717) is 10.3 Å². The molecule has 17 heavy (non-hydrogen) atoms. The number of halogens is 2. The normalized spacial score (nSPS) is 20.6. The number of likely N-dealkylation sites (N-methyl/N-ethyl adjacent to an activating group) is 1. The van der Waals surface area contributed by atoms with E-state index in [-0.39, 0.29) is 11.4 Å². The van der Waals surface area contributed by atoms with Crippen LogP contribution >= 0.6 is 15.9 Å². The van der Waals surface area contributed by atoms with Crippen molar-refractivity contribution in [3.63, 3.8) is 0 Å². The summed E-state index contributed by atoms with van der Waals surface area (Å²) in [6, 6.07) is 1.47. The van der Waals surface area contributed by atoms with Crippen LogP contribution in [0.2, 0.25) is 0 Å². The zero-order chi connectivity index (χ0) is 12.6. The maximum Gasteiger partial charge on any atom is 0.166 e. The largest absolute Gasteiger partial charge is 0.351 e. The third kappa shape index (κ3) is 2.60. The first-order chi connectivity index (χ1) is 7.90. The molecular formula is C12H17BrFN3. The molecular weight excluding hydrogens is 285 g/mol. The van der Waals surface area contributed by atoms with Crippen LogP contribution in [0.25, 0.3) is 0 Å². The number of nitrogens with zero attached hydrogens (tertiary/aromatic N) is 3. The fourth-order valence-corrected chi connectivity index (χ4v) is 2.36. The second kappa shape index (κ2) is 4.53. The molecule has 1 saturated heterocycles. The Morgan fingerprint density at radius 3 is 2.71 bits per heavy atom. The van der Waals surface area contributed by atoms with Crippen molar-refractivity contribution in [3.05, 3.63) is 22.6 Å². The predicted octanol–water partition coefficient (Wildman–Crippen LogP) is 2.51. The lowest BCUT2D eigenvalue weighted by molar-refractivity contribution is 0.138. The van der Waals surface area contributed by atoms with E-state index in [1.54, 1.807) is 6.20 Å². The highest BCUT2D eigenvalue weighted by atomic mass is 79.9. The molecule has 1 fully saturated rings. The van der Waals surface area contributed by atoms with E-state index in [2.05, 4.69) is 46.7 Å². The summed E-state index contributed by atoms with van der Waals surface area (Å²) in [5.41, 5.74) is 0.0411. The molecule has 0 saturated carbocycles. The monoisotopic (exact) mass is 301 g/mol. The molecule has 0 atom stereocenters. The van der Waals surface area contributed by atoms with Gasteiger partial charge in [0.25, 0.3) is 0 Å². The molecule has 1 aliphatic rings. The molecule has 0 unspecified atom stereocenters. The Labute approximate surface area is 110 Å². The molecule has 5 heteroatoms. The molecule has 0 aromatic carbocycles. The lowest BCUT2D eigenvalue weighted by Gasteiger charge is -2.45. The van der Waals surface area contributed by atoms with E-state index >= 15 is 0 Å². The average Bonchev–Trinajstić information content (AvgIpc) is 2.22. The number of anilines is 1. The van der Waals surface area contributed by atoms with E-state index in [1.165, 1.54) is 6.07 Å². The smallest absolute Gasteiger partial charge is 0.166 e. The Kier molecular flexibility index (Phi) is 3.41. The van der Waals surface area contributed by atoms with Gasteiger partial charge in [-0.25, -0.2) is 9.37 Å². The highest BCUT2D eigenvalue weighted by molar-refractivity contribution is 9.10. The molecule has 0 radical (unpaired) electrons. The molecule has 0 spiro atoms. The second-order valence-electron chi connectivity index (χ2n) is 5.11. The number of pyridine rings is 1. The summed E-state index contributed by atoms with van der Waals surface area (Å²) < 4.78 is 14.5. The summed E-state index contributed by atoms with van der Waals surface area (Å²) in [4.78, 5) is 8.49. The van der Waals surface area contributed by atoms with Gasteiger partial charge in [0.15, 0.2) is 11.6 Å². The van der Waals surface area contributed by atoms with Gasteiger partial charge in [0, 0.05) is 35.8 Å². The first-order valence-corrected chi connectivity index (χ1v) is 6.47. The van der Waals surface area contributed by atoms with E-state index in [0.717, 1.165) is 19.6 Å². The summed E-state index contributed by atoms with van der Waals surface area (Å²) in [6.45, 7) is 6.84. The minimum absolute atomic E-state index is 0.0411. The van der Waals surface area contributed by atoms with Gasteiger partial charge in [-0.05, 0) is 42.9 Å². The number of hydrogen-bond acceptors (Lipinski definition) is 3. The van der Waals surface area contributed by atoms with Crippen molar-refractivity contribution in [3.8, 4) is 0 Å². The molecule has 3 nitrogen and oxygen atoms in total. The second-order valence-corrected chi connectivity index (χ2v) is 6.03. The van der Waals surface area contributed by atoms with Gasteiger partial charge in [0.2, 0.25) is 0 Å². The minimum Gasteiger partial charge on any atom is -0.351 e. The number of hydrogen-bond donors (Lipinski definition) is 0. The van der Waals surface area contributed by atoms with Gasteiger partial charge >= 0.3 is 0 Å². The Bertz CT molecular complexity index is 422. The SMILES string of the molecule is CN1CCN(c2ncc(Br)cc2F)CC1(C)C. The Morgan fingerprint density at radius 1 is 1.41 bits per heavy atom. The summed E-state index contributed by atoms with van der Waals surface area (Å²) in [5.74, 6) is 0.189. The molecule has 0 bridgehead atoms. The van der Waals surface area contributed by atoms with Crippen molar-refractivity contribution in [1.29, 1.82) is 0 Å². The highest BCUT2D eigenvalue weighted by Crippen LogP contribution is 2.26. The molecule has 2 heterocycles. The molecule has 1 aliphatic heterocycles. The van der Waals surface area contributed by atoms with Gasteiger partial charge in [-0.1, -0.05) is 0 Å². The van der Waals surface area contributed by atoms with Crippen LogP contribution in [0.5, 0.6) is 0 Å². The molecule has 1 aromatic rings. The lowest BCUT2D eigenvalue weighted by atomic mass is 10.00. The van der Waals surface area contributed by atoms with Gasteiger partial charge in [-0.15, -0.1) is 0 Å². The first-order valence-electron chi connectivity index (χ1n) is 5.67. The topological polar surface area (TPSA) is 19.4 Å². The fourth-order valence-electron chi connectivity index (χ4n) is 2.06. The standard InChI is InChI=1S/C12H17BrFN3/c1-12(2)8-17(5-4-16(12)3)11-10(14)6-9(13)7-15-11/h6-7H,4-5,8H2,1-3H3. The molecule has 0 amide bonds. The van der Waals surface area contributed by atoms with Crippen LogP contribution in [0.3, 0.4) is 0 Å². The molecule has 94 valence electrons. The van der Waals surface area contributed by atoms with Gasteiger partial charge < -0.3 is 4.90 Å². The van der Waals surface area contributed by atoms with Crippen molar-refractivity contribution in [2.75, 3.05) is 31.6 Å². The highest BCUT2D eigenvalue weighted by Gasteiger charge is 2.32. The molecule has 0 N–H and O–H groups in total. The summed E-state index contributed by atoms with van der Waals surface area (Å²) >= 11 is 3.22. The third-order valence-corrected chi connectivity index (χ3v) is 3.84. The summed E-state index contributed by atoms with van der Waals surface area (Å²) in [6.07, 6.45) is 1.64. The lowest BCUT2D eigenvalue weighted by Crippen LogP contribution is -2.58. The van der Waals surface area contributed by atoms with E-state index in [1.807, 2.05) is 4.90 Å². The van der Waals surface area contributed by atoms with Crippen LogP contribution in [-0.4, -0.2) is 42.1 Å². The fraction of sp³-hybridized carbons (Fsp3) is 0.583. The van der Waals surface area contributed by atoms with Crippen LogP contribution in [0.4, 0.5) is 10.2 Å². The average molecular weight is 302 g/mol. The third-order valence-electron chi connectivity index (χ3n) is 3.40. The predicted molar refractivity (Wildman–Crippen MR) is 70.8 cm³/mol. The van der Waals surface area contributed by atoms with Crippen LogP contribution in [0.15, 0.2) is 16.7 Å². The van der Waals surface area contributed by atoms with Crippen LogP contribution < -0.4 is 4.90 Å². The van der Waals surface area contributed by atoms with Crippen LogP contribution in [0, 0.1) is 5.82 Å². The van der Waals surface area contributed by atoms with Gasteiger partial charge in [0.1, 0.15) is 0 Å². The summed E-state index contributed by atoms with van der Waals surface area (Å²) in [5, 5.41) is 0. The van der Waals surface area contributed by atoms with Gasteiger partial charge in [-0.3, -0.25) is 4.90 Å². The molecule has 2 rings (SSSR count).